The molecular formula is C9H12N2O3S. The van der Waals surface area contributed by atoms with E-state index in [1.165, 1.54) is 18.4 Å². The van der Waals surface area contributed by atoms with E-state index in [2.05, 4.69) is 15.4 Å². The Bertz CT molecular complexity index is 324. The van der Waals surface area contributed by atoms with Crippen LogP contribution in [-0.4, -0.2) is 25.7 Å². The molecule has 1 aromatic heterocycles. The molecule has 0 spiro atoms. The van der Waals surface area contributed by atoms with Crippen molar-refractivity contribution in [2.45, 2.75) is 6.42 Å². The van der Waals surface area contributed by atoms with Gasteiger partial charge in [-0.15, -0.1) is 11.3 Å². The Labute approximate surface area is 91.4 Å². The number of amides is 2. The Morgan fingerprint density at radius 2 is 2.33 bits per heavy atom. The van der Waals surface area contributed by atoms with Crippen molar-refractivity contribution in [2.75, 3.05) is 19.0 Å². The third-order valence-electron chi connectivity index (χ3n) is 1.60. The highest BCUT2D eigenvalue weighted by atomic mass is 32.1. The molecule has 15 heavy (non-hydrogen) atoms. The molecule has 6 heteroatoms. The van der Waals surface area contributed by atoms with Crippen LogP contribution in [0, 0.1) is 0 Å². The van der Waals surface area contributed by atoms with Crippen molar-refractivity contribution in [2.24, 2.45) is 0 Å². The number of ether oxygens (including phenoxy) is 1. The highest BCUT2D eigenvalue weighted by Gasteiger charge is 2.03. The molecule has 0 radical (unpaired) electrons. The molecule has 0 aliphatic heterocycles. The SMILES string of the molecule is COC(=O)CCNC(=O)Nc1cccs1. The molecule has 2 amide bonds. The average Bonchev–Trinajstić information content (AvgIpc) is 2.70. The van der Waals surface area contributed by atoms with Crippen molar-refractivity contribution in [1.29, 1.82) is 0 Å². The second-order valence-electron chi connectivity index (χ2n) is 2.68. The first-order chi connectivity index (χ1) is 7.22. The monoisotopic (exact) mass is 228 g/mol. The van der Waals surface area contributed by atoms with Crippen LogP contribution in [0.15, 0.2) is 17.5 Å². The first-order valence-corrected chi connectivity index (χ1v) is 5.25. The van der Waals surface area contributed by atoms with Crippen LogP contribution in [0.3, 0.4) is 0 Å². The molecule has 0 aromatic carbocycles. The Morgan fingerprint density at radius 3 is 2.93 bits per heavy atom. The van der Waals surface area contributed by atoms with Gasteiger partial charge in [0.2, 0.25) is 0 Å². The molecular weight excluding hydrogens is 216 g/mol. The predicted octanol–water partition coefficient (Wildman–Crippen LogP) is 1.43. The number of carbonyl (C=O) groups excluding carboxylic acids is 2. The van der Waals surface area contributed by atoms with Gasteiger partial charge in [-0.05, 0) is 17.5 Å². The summed E-state index contributed by atoms with van der Waals surface area (Å²) in [5.41, 5.74) is 0. The maximum absolute atomic E-state index is 11.2. The zero-order valence-corrected chi connectivity index (χ0v) is 9.10. The molecule has 1 aromatic rings. The lowest BCUT2D eigenvalue weighted by Gasteiger charge is -2.04. The number of hydrogen-bond acceptors (Lipinski definition) is 4. The number of nitrogens with one attached hydrogen (secondary N) is 2. The van der Waals surface area contributed by atoms with E-state index in [1.54, 1.807) is 6.07 Å². The zero-order valence-electron chi connectivity index (χ0n) is 8.28. The first-order valence-electron chi connectivity index (χ1n) is 4.37. The number of hydrogen-bond donors (Lipinski definition) is 2. The van der Waals surface area contributed by atoms with Gasteiger partial charge in [-0.3, -0.25) is 10.1 Å². The minimum Gasteiger partial charge on any atom is -0.469 e. The molecule has 1 heterocycles. The van der Waals surface area contributed by atoms with Gasteiger partial charge in [0.15, 0.2) is 0 Å². The fraction of sp³-hybridized carbons (Fsp3) is 0.333. The van der Waals surface area contributed by atoms with Crippen molar-refractivity contribution >= 4 is 28.3 Å². The van der Waals surface area contributed by atoms with E-state index in [-0.39, 0.29) is 25.0 Å². The van der Waals surface area contributed by atoms with Crippen molar-refractivity contribution in [3.63, 3.8) is 0 Å². The topological polar surface area (TPSA) is 67.4 Å². The number of rotatable bonds is 4. The second kappa shape index (κ2) is 6.02. The molecule has 0 aliphatic rings. The Kier molecular flexibility index (Phi) is 4.62. The summed E-state index contributed by atoms with van der Waals surface area (Å²) in [5.74, 6) is -0.341. The van der Waals surface area contributed by atoms with Gasteiger partial charge in [0.25, 0.3) is 0 Å². The lowest BCUT2D eigenvalue weighted by Crippen LogP contribution is -2.30. The third kappa shape index (κ3) is 4.46. The molecule has 82 valence electrons. The van der Waals surface area contributed by atoms with Crippen LogP contribution < -0.4 is 10.6 Å². The largest absolute Gasteiger partial charge is 0.469 e. The summed E-state index contributed by atoms with van der Waals surface area (Å²) in [6, 6.07) is 3.32. The van der Waals surface area contributed by atoms with Gasteiger partial charge >= 0.3 is 12.0 Å². The maximum Gasteiger partial charge on any atom is 0.319 e. The van der Waals surface area contributed by atoms with Gasteiger partial charge in [-0.2, -0.15) is 0 Å². The van der Waals surface area contributed by atoms with Gasteiger partial charge in [-0.25, -0.2) is 4.79 Å². The van der Waals surface area contributed by atoms with Gasteiger partial charge in [0.1, 0.15) is 0 Å². The average molecular weight is 228 g/mol. The fourth-order valence-electron chi connectivity index (χ4n) is 0.886. The zero-order chi connectivity index (χ0) is 11.1. The van der Waals surface area contributed by atoms with E-state index in [0.29, 0.717) is 0 Å². The summed E-state index contributed by atoms with van der Waals surface area (Å²) in [6.45, 7) is 0.268. The molecule has 5 nitrogen and oxygen atoms in total. The third-order valence-corrected chi connectivity index (χ3v) is 2.39. The second-order valence-corrected chi connectivity index (χ2v) is 3.63. The molecule has 0 bridgehead atoms. The van der Waals surface area contributed by atoms with Crippen LogP contribution in [0.5, 0.6) is 0 Å². The molecule has 0 saturated carbocycles. The van der Waals surface area contributed by atoms with Gasteiger partial charge in [0.05, 0.1) is 18.5 Å². The highest BCUT2D eigenvalue weighted by Crippen LogP contribution is 2.14. The van der Waals surface area contributed by atoms with Gasteiger partial charge in [-0.1, -0.05) is 0 Å². The standard InChI is InChI=1S/C9H12N2O3S/c1-14-8(12)4-5-10-9(13)11-7-3-2-6-15-7/h2-3,6H,4-5H2,1H3,(H2,10,11,13). The highest BCUT2D eigenvalue weighted by molar-refractivity contribution is 7.14. The van der Waals surface area contributed by atoms with Crippen LogP contribution in [0.25, 0.3) is 0 Å². The quantitative estimate of drug-likeness (QED) is 0.766. The van der Waals surface area contributed by atoms with E-state index in [1.807, 2.05) is 11.4 Å². The molecule has 0 unspecified atom stereocenters. The Morgan fingerprint density at radius 1 is 1.53 bits per heavy atom. The number of esters is 1. The normalized spacial score (nSPS) is 9.40. The van der Waals surface area contributed by atoms with Gasteiger partial charge in [0, 0.05) is 6.54 Å². The summed E-state index contributed by atoms with van der Waals surface area (Å²) in [5, 5.41) is 7.81. The summed E-state index contributed by atoms with van der Waals surface area (Å²) in [4.78, 5) is 21.9. The van der Waals surface area contributed by atoms with Crippen molar-refractivity contribution in [1.82, 2.24) is 5.32 Å². The summed E-state index contributed by atoms with van der Waals surface area (Å²) >= 11 is 1.43. The van der Waals surface area contributed by atoms with Crippen LogP contribution in [0.4, 0.5) is 9.80 Å². The van der Waals surface area contributed by atoms with Crippen LogP contribution in [-0.2, 0) is 9.53 Å². The molecule has 0 saturated heterocycles. The van der Waals surface area contributed by atoms with Crippen LogP contribution >= 0.6 is 11.3 Å². The molecule has 0 aliphatic carbocycles. The Hall–Kier alpha value is -1.56. The molecule has 0 fully saturated rings. The number of carbonyl (C=O) groups is 2. The lowest BCUT2D eigenvalue weighted by atomic mass is 10.4. The van der Waals surface area contributed by atoms with E-state index in [0.717, 1.165) is 5.00 Å². The summed E-state index contributed by atoms with van der Waals surface area (Å²) in [7, 11) is 1.31. The maximum atomic E-state index is 11.2. The van der Waals surface area contributed by atoms with Crippen LogP contribution in [0.1, 0.15) is 6.42 Å². The molecule has 0 atom stereocenters. The van der Waals surface area contributed by atoms with Crippen molar-refractivity contribution in [3.05, 3.63) is 17.5 Å². The minimum atomic E-state index is -0.341. The summed E-state index contributed by atoms with van der Waals surface area (Å²) in [6.07, 6.45) is 0.175. The molecule has 2 N–H and O–H groups in total. The fourth-order valence-corrected chi connectivity index (χ4v) is 1.50. The van der Waals surface area contributed by atoms with Crippen LogP contribution in [0.2, 0.25) is 0 Å². The predicted molar refractivity (Wildman–Crippen MR) is 58.0 cm³/mol. The van der Waals surface area contributed by atoms with Crippen molar-refractivity contribution in [3.8, 4) is 0 Å². The summed E-state index contributed by atoms with van der Waals surface area (Å²) < 4.78 is 4.43. The van der Waals surface area contributed by atoms with E-state index < -0.39 is 0 Å². The first kappa shape index (κ1) is 11.5. The molecule has 1 rings (SSSR count). The Balaban J connectivity index is 2.17. The minimum absolute atomic E-state index is 0.175. The number of urea groups is 1. The van der Waals surface area contributed by atoms with E-state index in [4.69, 9.17) is 0 Å². The van der Waals surface area contributed by atoms with E-state index in [9.17, 15) is 9.59 Å². The smallest absolute Gasteiger partial charge is 0.319 e. The number of anilines is 1. The lowest BCUT2D eigenvalue weighted by molar-refractivity contribution is -0.140. The van der Waals surface area contributed by atoms with E-state index >= 15 is 0 Å². The number of methoxy groups -OCH3 is 1. The number of thiophene rings is 1. The van der Waals surface area contributed by atoms with Crippen molar-refractivity contribution < 1.29 is 14.3 Å². The van der Waals surface area contributed by atoms with Gasteiger partial charge < -0.3 is 10.1 Å².